The van der Waals surface area contributed by atoms with Crippen molar-refractivity contribution in [2.24, 2.45) is 0 Å². The Balaban J connectivity index is 0.913. The molecule has 0 aliphatic carbocycles. The van der Waals surface area contributed by atoms with Gasteiger partial charge >= 0.3 is 23.9 Å². The van der Waals surface area contributed by atoms with Gasteiger partial charge in [0.1, 0.15) is 31.3 Å². The molecule has 0 saturated heterocycles. The third-order valence-corrected chi connectivity index (χ3v) is 8.94. The molecule has 0 heterocycles. The predicted molar refractivity (Wildman–Crippen MR) is 223 cm³/mol. The normalized spacial score (nSPS) is 10.6. The Morgan fingerprint density at radius 3 is 1.51 bits per heavy atom. The average Bonchev–Trinajstić information content (AvgIpc) is 3.28. The SMILES string of the molecule is O=C(OCc1ccccc1)c1ccc(C(=O)O)c(CONc2ccc(OCCCOc3ccc(NC(=O)c4cc(C(=O)OCc5ccccc5)ccc4C(=O)O)cc3)cc2)c1. The van der Waals surface area contributed by atoms with Crippen LogP contribution in [-0.2, 0) is 34.1 Å². The highest BCUT2D eigenvalue weighted by molar-refractivity contribution is 6.12. The minimum atomic E-state index is -1.32. The highest BCUT2D eigenvalue weighted by Crippen LogP contribution is 2.22. The highest BCUT2D eigenvalue weighted by Gasteiger charge is 2.21. The summed E-state index contributed by atoms with van der Waals surface area (Å²) in [6, 6.07) is 39.6. The van der Waals surface area contributed by atoms with E-state index in [2.05, 4.69) is 10.8 Å². The molecular formula is C47H40N2O12. The van der Waals surface area contributed by atoms with Gasteiger partial charge in [-0.2, -0.15) is 0 Å². The van der Waals surface area contributed by atoms with Gasteiger partial charge in [0, 0.05) is 12.1 Å². The molecule has 4 N–H and O–H groups in total. The van der Waals surface area contributed by atoms with E-state index in [1.807, 2.05) is 48.5 Å². The van der Waals surface area contributed by atoms with Gasteiger partial charge in [-0.05, 0) is 102 Å². The molecule has 0 aromatic heterocycles. The number of carbonyl (C=O) groups excluding carboxylic acids is 3. The molecule has 0 aliphatic heterocycles. The molecule has 0 spiro atoms. The molecule has 0 atom stereocenters. The van der Waals surface area contributed by atoms with Crippen LogP contribution in [0, 0.1) is 0 Å². The predicted octanol–water partition coefficient (Wildman–Crippen LogP) is 8.44. The summed E-state index contributed by atoms with van der Waals surface area (Å²) in [6.07, 6.45) is 0.550. The van der Waals surface area contributed by atoms with E-state index in [1.165, 1.54) is 36.4 Å². The third kappa shape index (κ3) is 12.5. The fraction of sp³-hybridized carbons (Fsp3) is 0.128. The Morgan fingerprint density at radius 2 is 0.984 bits per heavy atom. The molecule has 310 valence electrons. The number of benzene rings is 6. The fourth-order valence-corrected chi connectivity index (χ4v) is 5.80. The van der Waals surface area contributed by atoms with E-state index in [-0.39, 0.29) is 53.2 Å². The Labute approximate surface area is 350 Å². The second kappa shape index (κ2) is 21.2. The zero-order valence-electron chi connectivity index (χ0n) is 32.6. The van der Waals surface area contributed by atoms with Crippen LogP contribution >= 0.6 is 0 Å². The number of hydrogen-bond donors (Lipinski definition) is 4. The van der Waals surface area contributed by atoms with Gasteiger partial charge in [-0.25, -0.2) is 19.2 Å². The first-order chi connectivity index (χ1) is 29.6. The number of carbonyl (C=O) groups is 5. The first-order valence-electron chi connectivity index (χ1n) is 18.9. The van der Waals surface area contributed by atoms with E-state index in [9.17, 15) is 34.2 Å². The molecule has 1 amide bonds. The van der Waals surface area contributed by atoms with Gasteiger partial charge in [0.05, 0.1) is 46.7 Å². The molecule has 6 aromatic rings. The largest absolute Gasteiger partial charge is 0.493 e. The van der Waals surface area contributed by atoms with Crippen molar-refractivity contribution in [1.82, 2.24) is 0 Å². The number of carboxylic acids is 2. The second-order valence-corrected chi connectivity index (χ2v) is 13.3. The zero-order chi connectivity index (χ0) is 43.0. The number of anilines is 2. The van der Waals surface area contributed by atoms with Crippen molar-refractivity contribution < 1.29 is 58.0 Å². The van der Waals surface area contributed by atoms with Crippen LogP contribution < -0.4 is 20.3 Å². The molecular weight excluding hydrogens is 785 g/mol. The number of carboxylic acid groups (broad SMARTS) is 2. The van der Waals surface area contributed by atoms with E-state index in [1.54, 1.807) is 60.7 Å². The van der Waals surface area contributed by atoms with Crippen LogP contribution in [0.1, 0.15) is 74.9 Å². The van der Waals surface area contributed by atoms with Crippen molar-refractivity contribution in [3.63, 3.8) is 0 Å². The topological polar surface area (TPSA) is 196 Å². The lowest BCUT2D eigenvalue weighted by atomic mass is 10.0. The van der Waals surface area contributed by atoms with Gasteiger partial charge in [-0.15, -0.1) is 0 Å². The number of hydrogen-bond acceptors (Lipinski definition) is 11. The first kappa shape index (κ1) is 42.6. The van der Waals surface area contributed by atoms with Crippen LogP contribution in [0.15, 0.2) is 146 Å². The van der Waals surface area contributed by atoms with Crippen LogP contribution in [0.5, 0.6) is 11.5 Å². The molecule has 0 saturated carbocycles. The number of aromatic carboxylic acids is 2. The Hall–Kier alpha value is -7.97. The molecule has 61 heavy (non-hydrogen) atoms. The summed E-state index contributed by atoms with van der Waals surface area (Å²) >= 11 is 0. The molecule has 6 rings (SSSR count). The van der Waals surface area contributed by atoms with E-state index < -0.39 is 29.8 Å². The molecule has 0 aliphatic rings. The van der Waals surface area contributed by atoms with Crippen molar-refractivity contribution in [2.45, 2.75) is 26.2 Å². The van der Waals surface area contributed by atoms with Gasteiger partial charge in [-0.1, -0.05) is 60.7 Å². The summed E-state index contributed by atoms with van der Waals surface area (Å²) in [7, 11) is 0. The quantitative estimate of drug-likeness (QED) is 0.0326. The lowest BCUT2D eigenvalue weighted by Gasteiger charge is -2.12. The van der Waals surface area contributed by atoms with Gasteiger partial charge in [0.2, 0.25) is 0 Å². The maximum Gasteiger partial charge on any atom is 0.338 e. The lowest BCUT2D eigenvalue weighted by molar-refractivity contribution is 0.0463. The van der Waals surface area contributed by atoms with Crippen LogP contribution in [0.25, 0.3) is 0 Å². The maximum atomic E-state index is 13.2. The van der Waals surface area contributed by atoms with Crippen LogP contribution in [-0.4, -0.2) is 53.2 Å². The van der Waals surface area contributed by atoms with Crippen molar-refractivity contribution in [3.05, 3.63) is 190 Å². The summed E-state index contributed by atoms with van der Waals surface area (Å²) in [4.78, 5) is 67.7. The van der Waals surface area contributed by atoms with Crippen LogP contribution in [0.4, 0.5) is 11.4 Å². The van der Waals surface area contributed by atoms with E-state index in [0.29, 0.717) is 42.5 Å². The Kier molecular flexibility index (Phi) is 14.8. The summed E-state index contributed by atoms with van der Waals surface area (Å²) in [5.41, 5.74) is 5.39. The summed E-state index contributed by atoms with van der Waals surface area (Å²) in [6.45, 7) is 0.641. The maximum absolute atomic E-state index is 13.2. The molecule has 0 radical (unpaired) electrons. The summed E-state index contributed by atoms with van der Waals surface area (Å²) in [5.74, 6) is -3.35. The van der Waals surface area contributed by atoms with Gasteiger partial charge < -0.3 is 34.5 Å². The monoisotopic (exact) mass is 824 g/mol. The number of ether oxygens (including phenoxy) is 4. The summed E-state index contributed by atoms with van der Waals surface area (Å²) in [5, 5.41) is 22.0. The van der Waals surface area contributed by atoms with Crippen molar-refractivity contribution in [1.29, 1.82) is 0 Å². The zero-order valence-corrected chi connectivity index (χ0v) is 32.6. The van der Waals surface area contributed by atoms with Gasteiger partial charge in [0.25, 0.3) is 5.91 Å². The lowest BCUT2D eigenvalue weighted by Crippen LogP contribution is -2.18. The fourth-order valence-electron chi connectivity index (χ4n) is 5.80. The standard InChI is InChI=1S/C47H40N2O12/c50-43(42-27-34(13-23-41(42)45(53)54)47(56)60-29-32-10-5-2-6-11-32)48-36-14-18-38(19-15-36)57-24-7-25-58-39-20-16-37(17-21-39)49-61-30-35-26-33(12-22-40(35)44(51)52)46(55)59-28-31-8-3-1-4-9-31/h1-6,8-23,26-27,49H,7,24-25,28-30H2,(H,48,50)(H,51,52)(H,53,54). The first-order valence-corrected chi connectivity index (χ1v) is 18.9. The molecule has 0 unspecified atom stereocenters. The Morgan fingerprint density at radius 1 is 0.492 bits per heavy atom. The molecule has 0 bridgehead atoms. The van der Waals surface area contributed by atoms with Crippen LogP contribution in [0.2, 0.25) is 0 Å². The average molecular weight is 825 g/mol. The molecule has 14 nitrogen and oxygen atoms in total. The van der Waals surface area contributed by atoms with E-state index in [0.717, 1.165) is 11.1 Å². The second-order valence-electron chi connectivity index (χ2n) is 13.3. The third-order valence-electron chi connectivity index (χ3n) is 8.94. The minimum Gasteiger partial charge on any atom is -0.493 e. The van der Waals surface area contributed by atoms with Crippen molar-refractivity contribution in [2.75, 3.05) is 24.0 Å². The van der Waals surface area contributed by atoms with Gasteiger partial charge in [0.15, 0.2) is 0 Å². The van der Waals surface area contributed by atoms with Crippen molar-refractivity contribution in [3.8, 4) is 11.5 Å². The van der Waals surface area contributed by atoms with E-state index in [4.69, 9.17) is 23.8 Å². The summed E-state index contributed by atoms with van der Waals surface area (Å²) < 4.78 is 22.3. The number of rotatable bonds is 20. The molecule has 0 fully saturated rings. The minimum absolute atomic E-state index is 0.00695. The molecule has 14 heteroatoms. The molecule has 6 aromatic carbocycles. The number of esters is 2. The number of amides is 1. The smallest absolute Gasteiger partial charge is 0.338 e. The van der Waals surface area contributed by atoms with Crippen LogP contribution in [0.3, 0.4) is 0 Å². The Bertz CT molecular complexity index is 2460. The highest BCUT2D eigenvalue weighted by atomic mass is 16.6. The van der Waals surface area contributed by atoms with Gasteiger partial charge in [-0.3, -0.25) is 15.1 Å². The van der Waals surface area contributed by atoms with E-state index >= 15 is 0 Å². The number of nitrogens with one attached hydrogen (secondary N) is 2. The van der Waals surface area contributed by atoms with Crippen molar-refractivity contribution >= 4 is 41.2 Å².